The molecule has 6 nitrogen and oxygen atoms in total. The highest BCUT2D eigenvalue weighted by molar-refractivity contribution is 7.89. The Hall–Kier alpha value is -2.45. The highest BCUT2D eigenvalue weighted by Crippen LogP contribution is 2.26. The molecule has 1 aliphatic rings. The van der Waals surface area contributed by atoms with Gasteiger partial charge < -0.3 is 9.47 Å². The summed E-state index contributed by atoms with van der Waals surface area (Å²) in [5.41, 5.74) is 1.61. The normalized spacial score (nSPS) is 15.8. The maximum absolute atomic E-state index is 13.8. The van der Waals surface area contributed by atoms with E-state index >= 15 is 0 Å². The highest BCUT2D eigenvalue weighted by atomic mass is 32.2. The molecular formula is C23H28FNO5S. The summed E-state index contributed by atoms with van der Waals surface area (Å²) in [5, 5.41) is 0. The Balaban J connectivity index is 1.54. The summed E-state index contributed by atoms with van der Waals surface area (Å²) in [7, 11) is -2.21. The molecule has 3 rings (SSSR count). The predicted octanol–water partition coefficient (Wildman–Crippen LogP) is 4.10. The van der Waals surface area contributed by atoms with Crippen LogP contribution in [-0.2, 0) is 26.2 Å². The van der Waals surface area contributed by atoms with E-state index in [0.717, 1.165) is 5.56 Å². The molecule has 0 atom stereocenters. The van der Waals surface area contributed by atoms with Crippen LogP contribution >= 0.6 is 0 Å². The second kappa shape index (κ2) is 9.78. The van der Waals surface area contributed by atoms with Crippen LogP contribution in [0.15, 0.2) is 47.4 Å². The molecule has 2 aromatic rings. The lowest BCUT2D eigenvalue weighted by Crippen LogP contribution is -2.40. The fourth-order valence-corrected chi connectivity index (χ4v) is 5.05. The van der Waals surface area contributed by atoms with Gasteiger partial charge in [0.05, 0.1) is 17.9 Å². The number of methoxy groups -OCH3 is 1. The Kier molecular flexibility index (Phi) is 7.33. The van der Waals surface area contributed by atoms with Gasteiger partial charge in [-0.1, -0.05) is 32.0 Å². The van der Waals surface area contributed by atoms with E-state index in [4.69, 9.17) is 9.47 Å². The summed E-state index contributed by atoms with van der Waals surface area (Å²) in [6, 6.07) is 11.3. The first-order valence-electron chi connectivity index (χ1n) is 10.3. The van der Waals surface area contributed by atoms with Gasteiger partial charge in [-0.25, -0.2) is 12.8 Å². The first-order valence-corrected chi connectivity index (χ1v) is 11.8. The van der Waals surface area contributed by atoms with Crippen molar-refractivity contribution in [1.29, 1.82) is 0 Å². The average molecular weight is 450 g/mol. The first-order chi connectivity index (χ1) is 14.7. The van der Waals surface area contributed by atoms with Gasteiger partial charge in [0.25, 0.3) is 0 Å². The van der Waals surface area contributed by atoms with Gasteiger partial charge in [-0.05, 0) is 54.2 Å². The Morgan fingerprint density at radius 2 is 1.77 bits per heavy atom. The molecule has 0 aliphatic carbocycles. The Labute approximate surface area is 183 Å². The molecule has 8 heteroatoms. The number of sulfonamides is 1. The molecule has 1 saturated heterocycles. The van der Waals surface area contributed by atoms with Crippen LogP contribution in [0.3, 0.4) is 0 Å². The van der Waals surface area contributed by atoms with Gasteiger partial charge in [0.15, 0.2) is 11.6 Å². The lowest BCUT2D eigenvalue weighted by molar-refractivity contribution is -0.151. The molecule has 2 aromatic carbocycles. The molecule has 0 saturated carbocycles. The second-order valence-electron chi connectivity index (χ2n) is 7.98. The first kappa shape index (κ1) is 23.2. The van der Waals surface area contributed by atoms with E-state index in [9.17, 15) is 17.6 Å². The summed E-state index contributed by atoms with van der Waals surface area (Å²) in [6.45, 7) is 4.58. The van der Waals surface area contributed by atoms with E-state index in [1.165, 1.54) is 23.5 Å². The van der Waals surface area contributed by atoms with Crippen LogP contribution in [0.1, 0.15) is 43.7 Å². The van der Waals surface area contributed by atoms with Crippen LogP contribution in [0, 0.1) is 11.7 Å². The van der Waals surface area contributed by atoms with E-state index in [1.807, 2.05) is 12.1 Å². The lowest BCUT2D eigenvalue weighted by Gasteiger charge is -2.30. The zero-order valence-corrected chi connectivity index (χ0v) is 18.8. The number of rotatable bonds is 7. The van der Waals surface area contributed by atoms with Crippen LogP contribution in [0.5, 0.6) is 5.75 Å². The van der Waals surface area contributed by atoms with Crippen LogP contribution < -0.4 is 4.74 Å². The van der Waals surface area contributed by atoms with Gasteiger partial charge in [-0.15, -0.1) is 0 Å². The van der Waals surface area contributed by atoms with Crippen molar-refractivity contribution in [2.24, 2.45) is 5.92 Å². The summed E-state index contributed by atoms with van der Waals surface area (Å²) in [5.74, 6) is -0.834. The fourth-order valence-electron chi connectivity index (χ4n) is 3.58. The molecule has 1 fully saturated rings. The van der Waals surface area contributed by atoms with Gasteiger partial charge in [-0.2, -0.15) is 4.31 Å². The minimum absolute atomic E-state index is 0.0412. The Morgan fingerprint density at radius 1 is 1.13 bits per heavy atom. The number of carbonyl (C=O) groups is 1. The zero-order chi connectivity index (χ0) is 22.6. The van der Waals surface area contributed by atoms with E-state index in [0.29, 0.717) is 24.3 Å². The van der Waals surface area contributed by atoms with Crippen molar-refractivity contribution < 1.29 is 27.1 Å². The zero-order valence-electron chi connectivity index (χ0n) is 18.0. The SMILES string of the molecule is COc1ccc(COC(=O)C2CCN(S(=O)(=O)c3ccc(C(C)C)cc3)CC2)cc1F. The van der Waals surface area contributed by atoms with Crippen LogP contribution in [-0.4, -0.2) is 38.9 Å². The molecule has 31 heavy (non-hydrogen) atoms. The maximum atomic E-state index is 13.8. The van der Waals surface area contributed by atoms with Gasteiger partial charge in [0.2, 0.25) is 10.0 Å². The molecule has 0 bridgehead atoms. The monoisotopic (exact) mass is 449 g/mol. The topological polar surface area (TPSA) is 72.9 Å². The van der Waals surface area contributed by atoms with Gasteiger partial charge in [0.1, 0.15) is 6.61 Å². The molecule has 1 heterocycles. The van der Waals surface area contributed by atoms with Crippen molar-refractivity contribution in [2.75, 3.05) is 20.2 Å². The van der Waals surface area contributed by atoms with Crippen molar-refractivity contribution in [3.05, 3.63) is 59.4 Å². The molecule has 0 spiro atoms. The van der Waals surface area contributed by atoms with Gasteiger partial charge in [-0.3, -0.25) is 4.79 Å². The molecule has 0 radical (unpaired) electrons. The third kappa shape index (κ3) is 5.43. The standard InChI is InChI=1S/C23H28FNO5S/c1-16(2)18-5-7-20(8-6-18)31(27,28)25-12-10-19(11-13-25)23(26)30-15-17-4-9-22(29-3)21(24)14-17/h4-9,14,16,19H,10-13,15H2,1-3H3. The molecular weight excluding hydrogens is 421 g/mol. The fraction of sp³-hybridized carbons (Fsp3) is 0.435. The number of hydrogen-bond acceptors (Lipinski definition) is 5. The number of ether oxygens (including phenoxy) is 2. The number of hydrogen-bond donors (Lipinski definition) is 0. The minimum Gasteiger partial charge on any atom is -0.494 e. The van der Waals surface area contributed by atoms with Gasteiger partial charge >= 0.3 is 5.97 Å². The third-order valence-electron chi connectivity index (χ3n) is 5.57. The van der Waals surface area contributed by atoms with E-state index < -0.39 is 21.8 Å². The molecule has 0 amide bonds. The van der Waals surface area contributed by atoms with Crippen molar-refractivity contribution in [3.8, 4) is 5.75 Å². The number of piperidine rings is 1. The lowest BCUT2D eigenvalue weighted by atomic mass is 9.98. The maximum Gasteiger partial charge on any atom is 0.309 e. The summed E-state index contributed by atoms with van der Waals surface area (Å²) in [6.07, 6.45) is 0.776. The molecule has 0 N–H and O–H groups in total. The Bertz CT molecular complexity index is 1010. The number of benzene rings is 2. The minimum atomic E-state index is -3.59. The van der Waals surface area contributed by atoms with Crippen LogP contribution in [0.4, 0.5) is 4.39 Å². The number of nitrogens with zero attached hydrogens (tertiary/aromatic N) is 1. The van der Waals surface area contributed by atoms with Crippen molar-refractivity contribution >= 4 is 16.0 Å². The van der Waals surface area contributed by atoms with E-state index in [-0.39, 0.29) is 36.3 Å². The van der Waals surface area contributed by atoms with Crippen LogP contribution in [0.2, 0.25) is 0 Å². The molecule has 168 valence electrons. The smallest absolute Gasteiger partial charge is 0.309 e. The highest BCUT2D eigenvalue weighted by Gasteiger charge is 2.32. The average Bonchev–Trinajstić information content (AvgIpc) is 2.77. The number of carbonyl (C=O) groups excluding carboxylic acids is 1. The quantitative estimate of drug-likeness (QED) is 0.595. The van der Waals surface area contributed by atoms with Crippen molar-refractivity contribution in [3.63, 3.8) is 0 Å². The second-order valence-corrected chi connectivity index (χ2v) is 9.92. The molecule has 0 aromatic heterocycles. The third-order valence-corrected chi connectivity index (χ3v) is 7.48. The molecule has 1 aliphatic heterocycles. The van der Waals surface area contributed by atoms with Gasteiger partial charge in [0, 0.05) is 13.1 Å². The Morgan fingerprint density at radius 3 is 2.32 bits per heavy atom. The van der Waals surface area contributed by atoms with E-state index in [2.05, 4.69) is 13.8 Å². The number of halogens is 1. The number of esters is 1. The summed E-state index contributed by atoms with van der Waals surface area (Å²) < 4.78 is 51.2. The molecule has 0 unspecified atom stereocenters. The summed E-state index contributed by atoms with van der Waals surface area (Å²) >= 11 is 0. The predicted molar refractivity (Wildman–Crippen MR) is 115 cm³/mol. The van der Waals surface area contributed by atoms with Crippen LogP contribution in [0.25, 0.3) is 0 Å². The van der Waals surface area contributed by atoms with E-state index in [1.54, 1.807) is 18.2 Å². The largest absolute Gasteiger partial charge is 0.494 e. The van der Waals surface area contributed by atoms with Crippen molar-refractivity contribution in [1.82, 2.24) is 4.31 Å². The summed E-state index contributed by atoms with van der Waals surface area (Å²) in [4.78, 5) is 12.7. The van der Waals surface area contributed by atoms with Crippen molar-refractivity contribution in [2.45, 2.75) is 44.1 Å².